The first-order valence-corrected chi connectivity index (χ1v) is 5.76. The van der Waals surface area contributed by atoms with Crippen molar-refractivity contribution in [3.05, 3.63) is 23.8 Å². The fraction of sp³-hybridized carbons (Fsp3) is 0.250. The number of hydrogen-bond acceptors (Lipinski definition) is 4. The molecule has 3 amide bonds. The highest BCUT2D eigenvalue weighted by Gasteiger charge is 2.14. The van der Waals surface area contributed by atoms with Gasteiger partial charge < -0.3 is 26.2 Å². The Labute approximate surface area is 114 Å². The molecule has 1 aromatic carbocycles. The average molecular weight is 281 g/mol. The van der Waals surface area contributed by atoms with E-state index in [-0.39, 0.29) is 30.2 Å². The van der Waals surface area contributed by atoms with Gasteiger partial charge in [-0.25, -0.2) is 9.59 Å². The number of carboxylic acid groups (broad SMARTS) is 1. The summed E-state index contributed by atoms with van der Waals surface area (Å²) in [5, 5.41) is 25.7. The third-order valence-corrected chi connectivity index (χ3v) is 2.30. The Morgan fingerprint density at radius 2 is 1.80 bits per heavy atom. The lowest BCUT2D eigenvalue weighted by Crippen LogP contribution is -2.36. The lowest BCUT2D eigenvalue weighted by molar-refractivity contribution is -0.118. The number of hydrogen-bond donors (Lipinski definition) is 5. The molecule has 0 aliphatic heterocycles. The molecule has 0 saturated carbocycles. The molecule has 0 fully saturated rings. The standard InChI is InChI=1S/C12H15N3O5/c1-7(16)13-5-6-14-12(20)15-9-4-2-3-8(10(9)17)11(18)19/h2-4,17H,5-6H2,1H3,(H,13,16)(H,18,19)(H2,14,15,20). The van der Waals surface area contributed by atoms with E-state index in [0.717, 1.165) is 0 Å². The molecule has 0 atom stereocenters. The quantitative estimate of drug-likeness (QED) is 0.393. The molecule has 8 nitrogen and oxygen atoms in total. The number of carbonyl (C=O) groups is 3. The number of carbonyl (C=O) groups excluding carboxylic acids is 2. The summed E-state index contributed by atoms with van der Waals surface area (Å²) in [5.41, 5.74) is -0.317. The van der Waals surface area contributed by atoms with Crippen molar-refractivity contribution in [3.8, 4) is 5.75 Å². The highest BCUT2D eigenvalue weighted by atomic mass is 16.4. The lowest BCUT2D eigenvalue weighted by atomic mass is 10.2. The maximum absolute atomic E-state index is 11.5. The SMILES string of the molecule is CC(=O)NCCNC(=O)Nc1cccc(C(=O)O)c1O. The third kappa shape index (κ3) is 4.48. The maximum atomic E-state index is 11.5. The molecule has 0 saturated heterocycles. The minimum atomic E-state index is -1.29. The van der Waals surface area contributed by atoms with Crippen LogP contribution in [0.25, 0.3) is 0 Å². The van der Waals surface area contributed by atoms with E-state index in [0.29, 0.717) is 0 Å². The average Bonchev–Trinajstić information content (AvgIpc) is 2.36. The number of aromatic carboxylic acids is 1. The van der Waals surface area contributed by atoms with Gasteiger partial charge in [0.25, 0.3) is 0 Å². The van der Waals surface area contributed by atoms with Gasteiger partial charge >= 0.3 is 12.0 Å². The zero-order chi connectivity index (χ0) is 15.1. The minimum absolute atomic E-state index is 0.0121. The van der Waals surface area contributed by atoms with Crippen LogP contribution < -0.4 is 16.0 Å². The fourth-order valence-electron chi connectivity index (χ4n) is 1.40. The molecule has 0 aliphatic carbocycles. The van der Waals surface area contributed by atoms with Crippen molar-refractivity contribution in [2.24, 2.45) is 0 Å². The largest absolute Gasteiger partial charge is 0.505 e. The molecule has 0 aliphatic rings. The number of amides is 3. The summed E-state index contributed by atoms with van der Waals surface area (Å²) >= 11 is 0. The molecule has 1 rings (SSSR count). The highest BCUT2D eigenvalue weighted by molar-refractivity contribution is 5.97. The van der Waals surface area contributed by atoms with Crippen molar-refractivity contribution >= 4 is 23.6 Å². The van der Waals surface area contributed by atoms with Crippen LogP contribution in [-0.4, -0.2) is 41.2 Å². The van der Waals surface area contributed by atoms with Crippen LogP contribution in [0, 0.1) is 0 Å². The Morgan fingerprint density at radius 3 is 2.40 bits per heavy atom. The van der Waals surface area contributed by atoms with Crippen LogP contribution >= 0.6 is 0 Å². The van der Waals surface area contributed by atoms with Crippen molar-refractivity contribution < 1.29 is 24.6 Å². The first-order chi connectivity index (χ1) is 9.41. The fourth-order valence-corrected chi connectivity index (χ4v) is 1.40. The molecule has 0 aromatic heterocycles. The van der Waals surface area contributed by atoms with Crippen LogP contribution in [0.3, 0.4) is 0 Å². The molecule has 0 bridgehead atoms. The summed E-state index contributed by atoms with van der Waals surface area (Å²) in [4.78, 5) is 32.9. The van der Waals surface area contributed by atoms with Gasteiger partial charge in [0.2, 0.25) is 5.91 Å². The van der Waals surface area contributed by atoms with Gasteiger partial charge in [0.1, 0.15) is 5.56 Å². The first-order valence-electron chi connectivity index (χ1n) is 5.76. The zero-order valence-corrected chi connectivity index (χ0v) is 10.8. The number of aromatic hydroxyl groups is 1. The highest BCUT2D eigenvalue weighted by Crippen LogP contribution is 2.27. The Bertz CT molecular complexity index is 530. The molecule has 0 unspecified atom stereocenters. The molecule has 20 heavy (non-hydrogen) atoms. The number of benzene rings is 1. The van der Waals surface area contributed by atoms with E-state index in [1.807, 2.05) is 0 Å². The zero-order valence-electron chi connectivity index (χ0n) is 10.8. The molecule has 8 heteroatoms. The molecule has 0 spiro atoms. The number of para-hydroxylation sites is 1. The van der Waals surface area contributed by atoms with Crippen LogP contribution in [0.5, 0.6) is 5.75 Å². The maximum Gasteiger partial charge on any atom is 0.339 e. The lowest BCUT2D eigenvalue weighted by Gasteiger charge is -2.10. The summed E-state index contributed by atoms with van der Waals surface area (Å²) in [6.45, 7) is 1.82. The third-order valence-electron chi connectivity index (χ3n) is 2.30. The number of phenols is 1. The van der Waals surface area contributed by atoms with E-state index in [2.05, 4.69) is 16.0 Å². The normalized spacial score (nSPS) is 9.65. The summed E-state index contributed by atoms with van der Waals surface area (Å²) in [6.07, 6.45) is 0. The summed E-state index contributed by atoms with van der Waals surface area (Å²) < 4.78 is 0. The first kappa shape index (κ1) is 15.3. The summed E-state index contributed by atoms with van der Waals surface area (Å²) in [6, 6.07) is 3.37. The van der Waals surface area contributed by atoms with Gasteiger partial charge in [-0.2, -0.15) is 0 Å². The van der Waals surface area contributed by atoms with Gasteiger partial charge in [-0.15, -0.1) is 0 Å². The number of urea groups is 1. The molecule has 0 heterocycles. The predicted octanol–water partition coefficient (Wildman–Crippen LogP) is 0.348. The second-order valence-corrected chi connectivity index (χ2v) is 3.87. The van der Waals surface area contributed by atoms with Crippen molar-refractivity contribution in [2.75, 3.05) is 18.4 Å². The Kier molecular flexibility index (Phi) is 5.33. The number of rotatable bonds is 5. The second-order valence-electron chi connectivity index (χ2n) is 3.87. The molecular weight excluding hydrogens is 266 g/mol. The molecule has 108 valence electrons. The van der Waals surface area contributed by atoms with Crippen molar-refractivity contribution in [2.45, 2.75) is 6.92 Å². The topological polar surface area (TPSA) is 128 Å². The van der Waals surface area contributed by atoms with Gasteiger partial charge in [-0.1, -0.05) is 6.07 Å². The number of anilines is 1. The molecular formula is C12H15N3O5. The van der Waals surface area contributed by atoms with Crippen LogP contribution in [0.2, 0.25) is 0 Å². The van der Waals surface area contributed by atoms with E-state index in [4.69, 9.17) is 5.11 Å². The number of nitrogens with one attached hydrogen (secondary N) is 3. The predicted molar refractivity (Wildman–Crippen MR) is 70.8 cm³/mol. The Hall–Kier alpha value is -2.77. The van der Waals surface area contributed by atoms with Crippen LogP contribution in [-0.2, 0) is 4.79 Å². The molecule has 5 N–H and O–H groups in total. The van der Waals surface area contributed by atoms with Crippen molar-refractivity contribution in [1.29, 1.82) is 0 Å². The summed E-state index contributed by atoms with van der Waals surface area (Å²) in [5.74, 6) is -2.02. The van der Waals surface area contributed by atoms with E-state index in [9.17, 15) is 19.5 Å². The van der Waals surface area contributed by atoms with Gasteiger partial charge in [-0.05, 0) is 12.1 Å². The van der Waals surface area contributed by atoms with Crippen LogP contribution in [0.15, 0.2) is 18.2 Å². The summed E-state index contributed by atoms with van der Waals surface area (Å²) in [7, 11) is 0. The van der Waals surface area contributed by atoms with Crippen molar-refractivity contribution in [1.82, 2.24) is 10.6 Å². The van der Waals surface area contributed by atoms with Crippen LogP contribution in [0.1, 0.15) is 17.3 Å². The van der Waals surface area contributed by atoms with E-state index in [1.54, 1.807) is 0 Å². The van der Waals surface area contributed by atoms with Gasteiger partial charge in [-0.3, -0.25) is 4.79 Å². The van der Waals surface area contributed by atoms with Gasteiger partial charge in [0.15, 0.2) is 5.75 Å². The molecule has 1 aromatic rings. The smallest absolute Gasteiger partial charge is 0.339 e. The van der Waals surface area contributed by atoms with Crippen molar-refractivity contribution in [3.63, 3.8) is 0 Å². The number of carboxylic acids is 1. The Balaban J connectivity index is 2.56. The van der Waals surface area contributed by atoms with Crippen LogP contribution in [0.4, 0.5) is 10.5 Å². The molecule has 0 radical (unpaired) electrons. The van der Waals surface area contributed by atoms with E-state index < -0.39 is 17.7 Å². The second kappa shape index (κ2) is 6.98. The van der Waals surface area contributed by atoms with E-state index >= 15 is 0 Å². The van der Waals surface area contributed by atoms with Gasteiger partial charge in [0.05, 0.1) is 5.69 Å². The monoisotopic (exact) mass is 281 g/mol. The Morgan fingerprint density at radius 1 is 1.15 bits per heavy atom. The van der Waals surface area contributed by atoms with Gasteiger partial charge in [0, 0.05) is 20.0 Å². The van der Waals surface area contributed by atoms with E-state index in [1.165, 1.54) is 25.1 Å². The minimum Gasteiger partial charge on any atom is -0.505 e.